The van der Waals surface area contributed by atoms with Crippen molar-refractivity contribution in [2.45, 2.75) is 0 Å². The predicted octanol–water partition coefficient (Wildman–Crippen LogP) is 3.59. The lowest BCUT2D eigenvalue weighted by Crippen LogP contribution is -2.19. The number of hydrogen-bond donors (Lipinski definition) is 4. The number of nitrogens with zero attached hydrogens (tertiary/aromatic N) is 4. The number of phenols is 3. The van der Waals surface area contributed by atoms with Gasteiger partial charge in [-0.1, -0.05) is 30.3 Å². The molecular formula is C20H15N5O6. The van der Waals surface area contributed by atoms with Crippen molar-refractivity contribution >= 4 is 23.1 Å². The van der Waals surface area contributed by atoms with Gasteiger partial charge in [0.15, 0.2) is 17.2 Å². The molecule has 0 aliphatic rings. The van der Waals surface area contributed by atoms with Gasteiger partial charge >= 0.3 is 0 Å². The molecule has 0 aromatic heterocycles. The lowest BCUT2D eigenvalue weighted by Gasteiger charge is -2.05. The quantitative estimate of drug-likeness (QED) is 0.122. The van der Waals surface area contributed by atoms with Gasteiger partial charge < -0.3 is 15.3 Å². The maximum atomic E-state index is 12.3. The summed E-state index contributed by atoms with van der Waals surface area (Å²) in [6.07, 6.45) is 0. The fourth-order valence-corrected chi connectivity index (χ4v) is 2.38. The summed E-state index contributed by atoms with van der Waals surface area (Å²) < 4.78 is 0. The van der Waals surface area contributed by atoms with E-state index in [1.807, 2.05) is 0 Å². The molecule has 3 rings (SSSR count). The summed E-state index contributed by atoms with van der Waals surface area (Å²) in [5, 5.41) is 51.1. The van der Waals surface area contributed by atoms with Gasteiger partial charge in [-0.25, -0.2) is 5.43 Å². The molecule has 0 unspecified atom stereocenters. The molecule has 156 valence electrons. The highest BCUT2D eigenvalue weighted by molar-refractivity contribution is 6.01. The predicted molar refractivity (Wildman–Crippen MR) is 109 cm³/mol. The molecule has 31 heavy (non-hydrogen) atoms. The largest absolute Gasteiger partial charge is 0.504 e. The monoisotopic (exact) mass is 421 g/mol. The van der Waals surface area contributed by atoms with E-state index in [1.165, 1.54) is 24.3 Å². The van der Waals surface area contributed by atoms with Crippen LogP contribution >= 0.6 is 0 Å². The highest BCUT2D eigenvalue weighted by atomic mass is 16.6. The topological polar surface area (TPSA) is 170 Å². The van der Waals surface area contributed by atoms with Crippen molar-refractivity contribution in [3.63, 3.8) is 0 Å². The van der Waals surface area contributed by atoms with E-state index >= 15 is 0 Å². The normalized spacial score (nSPS) is 11.4. The van der Waals surface area contributed by atoms with Gasteiger partial charge in [0.25, 0.3) is 11.6 Å². The lowest BCUT2D eigenvalue weighted by atomic mass is 10.2. The molecule has 0 radical (unpaired) electrons. The fourth-order valence-electron chi connectivity index (χ4n) is 2.38. The molecule has 3 aromatic rings. The Labute approximate surface area is 174 Å². The molecule has 0 saturated carbocycles. The van der Waals surface area contributed by atoms with Gasteiger partial charge in [-0.15, -0.1) is 15.3 Å². The zero-order valence-electron chi connectivity index (χ0n) is 15.7. The third-order valence-corrected chi connectivity index (χ3v) is 3.95. The van der Waals surface area contributed by atoms with Gasteiger partial charge in [0, 0.05) is 23.3 Å². The van der Waals surface area contributed by atoms with Crippen LogP contribution in [0, 0.1) is 10.1 Å². The Morgan fingerprint density at radius 3 is 2.10 bits per heavy atom. The van der Waals surface area contributed by atoms with Crippen LogP contribution in [0.4, 0.5) is 11.4 Å². The minimum Gasteiger partial charge on any atom is -0.504 e. The van der Waals surface area contributed by atoms with E-state index in [2.05, 4.69) is 20.8 Å². The van der Waals surface area contributed by atoms with Crippen LogP contribution < -0.4 is 5.43 Å². The Kier molecular flexibility index (Phi) is 6.16. The minimum atomic E-state index is -0.787. The standard InChI is InChI=1S/C20H15N5O6/c26-16-10-13(11-17(27)18(16)28)20(29)24-23-19(12-4-2-1-3-5-12)22-21-14-6-8-15(9-7-14)25(30)31/h1-11,26-28H,(H,24,29)/b22-21?,23-19+. The molecule has 3 aromatic carbocycles. The van der Waals surface area contributed by atoms with Crippen molar-refractivity contribution in [3.8, 4) is 17.2 Å². The number of carbonyl (C=O) groups is 1. The molecule has 0 aliphatic carbocycles. The molecule has 4 N–H and O–H groups in total. The molecule has 0 heterocycles. The summed E-state index contributed by atoms with van der Waals surface area (Å²) in [4.78, 5) is 22.5. The number of hydrogen-bond acceptors (Lipinski definition) is 8. The molecule has 0 spiro atoms. The molecular weight excluding hydrogens is 406 g/mol. The Morgan fingerprint density at radius 1 is 0.903 bits per heavy atom. The number of aromatic hydroxyl groups is 3. The van der Waals surface area contributed by atoms with Gasteiger partial charge in [-0.05, 0) is 24.3 Å². The van der Waals surface area contributed by atoms with Crippen LogP contribution in [0.1, 0.15) is 15.9 Å². The van der Waals surface area contributed by atoms with Crippen molar-refractivity contribution in [1.29, 1.82) is 0 Å². The van der Waals surface area contributed by atoms with Crippen LogP contribution in [-0.2, 0) is 0 Å². The van der Waals surface area contributed by atoms with Crippen LogP contribution in [0.25, 0.3) is 0 Å². The van der Waals surface area contributed by atoms with Crippen molar-refractivity contribution < 1.29 is 25.0 Å². The third kappa shape index (κ3) is 5.17. The van der Waals surface area contributed by atoms with Crippen molar-refractivity contribution in [3.05, 3.63) is 88.0 Å². The van der Waals surface area contributed by atoms with Gasteiger partial charge in [0.2, 0.25) is 5.84 Å². The Balaban J connectivity index is 1.86. The van der Waals surface area contributed by atoms with Crippen molar-refractivity contribution in [2.24, 2.45) is 15.3 Å². The maximum Gasteiger partial charge on any atom is 0.271 e. The summed E-state index contributed by atoms with van der Waals surface area (Å²) >= 11 is 0. The summed E-state index contributed by atoms with van der Waals surface area (Å²) in [5.74, 6) is -2.85. The number of nitro benzene ring substituents is 1. The Morgan fingerprint density at radius 2 is 1.52 bits per heavy atom. The smallest absolute Gasteiger partial charge is 0.271 e. The SMILES string of the molecule is O=C(N/N=C(/N=Nc1ccc([N+](=O)[O-])cc1)c1ccccc1)c1cc(O)c(O)c(O)c1. The van der Waals surface area contributed by atoms with Crippen LogP contribution in [-0.4, -0.2) is 32.0 Å². The van der Waals surface area contributed by atoms with Crippen molar-refractivity contribution in [2.75, 3.05) is 0 Å². The first-order valence-corrected chi connectivity index (χ1v) is 8.69. The van der Waals surface area contributed by atoms with E-state index in [-0.39, 0.29) is 17.1 Å². The zero-order chi connectivity index (χ0) is 22.4. The Bertz CT molecular complexity index is 1150. The molecule has 1 amide bonds. The lowest BCUT2D eigenvalue weighted by molar-refractivity contribution is -0.384. The summed E-state index contributed by atoms with van der Waals surface area (Å²) in [6.45, 7) is 0. The molecule has 0 fully saturated rings. The van der Waals surface area contributed by atoms with Crippen LogP contribution in [0.2, 0.25) is 0 Å². The minimum absolute atomic E-state index is 0.0273. The zero-order valence-corrected chi connectivity index (χ0v) is 15.7. The van der Waals surface area contributed by atoms with Crippen LogP contribution in [0.5, 0.6) is 17.2 Å². The van der Waals surface area contributed by atoms with E-state index in [0.29, 0.717) is 11.3 Å². The first kappa shape index (κ1) is 20.9. The molecule has 0 bridgehead atoms. The number of benzene rings is 3. The second-order valence-electron chi connectivity index (χ2n) is 6.08. The summed E-state index contributed by atoms with van der Waals surface area (Å²) in [6, 6.07) is 15.9. The first-order valence-electron chi connectivity index (χ1n) is 8.69. The van der Waals surface area contributed by atoms with Gasteiger partial charge in [0.1, 0.15) is 0 Å². The number of azo groups is 1. The number of non-ortho nitro benzene ring substituents is 1. The number of phenolic OH excluding ortho intramolecular Hbond substituents is 3. The first-order chi connectivity index (χ1) is 14.8. The average molecular weight is 421 g/mol. The van der Waals surface area contributed by atoms with Crippen molar-refractivity contribution in [1.82, 2.24) is 5.43 Å². The molecule has 0 saturated heterocycles. The second-order valence-corrected chi connectivity index (χ2v) is 6.08. The van der Waals surface area contributed by atoms with E-state index in [0.717, 1.165) is 12.1 Å². The average Bonchev–Trinajstić information content (AvgIpc) is 2.77. The van der Waals surface area contributed by atoms with Gasteiger partial charge in [-0.2, -0.15) is 0 Å². The van der Waals surface area contributed by atoms with E-state index in [9.17, 15) is 30.2 Å². The number of nitro groups is 1. The van der Waals surface area contributed by atoms with Crippen LogP contribution in [0.15, 0.2) is 82.1 Å². The Hall–Kier alpha value is -4.80. The summed E-state index contributed by atoms with van der Waals surface area (Å²) in [5.41, 5.74) is 2.83. The highest BCUT2D eigenvalue weighted by Crippen LogP contribution is 2.35. The molecule has 0 atom stereocenters. The van der Waals surface area contributed by atoms with E-state index < -0.39 is 28.1 Å². The molecule has 11 nitrogen and oxygen atoms in total. The van der Waals surface area contributed by atoms with Crippen LogP contribution in [0.3, 0.4) is 0 Å². The van der Waals surface area contributed by atoms with E-state index in [4.69, 9.17) is 0 Å². The number of carbonyl (C=O) groups excluding carboxylic acids is 1. The van der Waals surface area contributed by atoms with Gasteiger partial charge in [0.05, 0.1) is 10.6 Å². The number of nitrogens with one attached hydrogen (secondary N) is 1. The summed E-state index contributed by atoms with van der Waals surface area (Å²) in [7, 11) is 0. The van der Waals surface area contributed by atoms with E-state index in [1.54, 1.807) is 30.3 Å². The third-order valence-electron chi connectivity index (χ3n) is 3.95. The number of hydrazone groups is 1. The maximum absolute atomic E-state index is 12.3. The number of amides is 1. The van der Waals surface area contributed by atoms with Gasteiger partial charge in [-0.3, -0.25) is 14.9 Å². The number of rotatable bonds is 5. The second kappa shape index (κ2) is 9.13. The highest BCUT2D eigenvalue weighted by Gasteiger charge is 2.14. The molecule has 11 heteroatoms. The molecule has 0 aliphatic heterocycles. The number of amidine groups is 1. The fraction of sp³-hybridized carbons (Fsp3) is 0.